The van der Waals surface area contributed by atoms with E-state index in [1.165, 1.54) is 5.56 Å². The maximum atomic E-state index is 3.47. The topological polar surface area (TPSA) is 15.3 Å². The third-order valence-electron chi connectivity index (χ3n) is 3.11. The molecule has 0 radical (unpaired) electrons. The number of hydrogen-bond acceptors (Lipinski definition) is 2. The maximum absolute atomic E-state index is 3.47. The van der Waals surface area contributed by atoms with Crippen LogP contribution in [0.5, 0.6) is 0 Å². The Kier molecular flexibility index (Phi) is 4.14. The zero-order chi connectivity index (χ0) is 11.2. The minimum atomic E-state index is 0.520. The summed E-state index contributed by atoms with van der Waals surface area (Å²) in [6.45, 7) is 6.42. The molecule has 1 heterocycles. The molecule has 86 valence electrons. The van der Waals surface area contributed by atoms with Crippen LogP contribution in [0.2, 0.25) is 0 Å². The smallest absolute Gasteiger partial charge is 0.0476 e. The highest BCUT2D eigenvalue weighted by atomic mass is 15.2. The molecule has 2 heteroatoms. The second-order valence-corrected chi connectivity index (χ2v) is 4.19. The molecular weight excluding hydrogens is 196 g/mol. The predicted octanol–water partition coefficient (Wildman–Crippen LogP) is 2.21. The fraction of sp³-hybridized carbons (Fsp3) is 0.429. The maximum Gasteiger partial charge on any atom is 0.0476 e. The predicted molar refractivity (Wildman–Crippen MR) is 68.4 cm³/mol. The van der Waals surface area contributed by atoms with Crippen LogP contribution >= 0.6 is 0 Å². The minimum Gasteiger partial charge on any atom is -0.314 e. The van der Waals surface area contributed by atoms with Gasteiger partial charge < -0.3 is 5.32 Å². The molecule has 0 bridgehead atoms. The summed E-state index contributed by atoms with van der Waals surface area (Å²) in [5, 5.41) is 3.47. The first-order valence-electron chi connectivity index (χ1n) is 6.02. The van der Waals surface area contributed by atoms with E-state index in [0.717, 1.165) is 26.2 Å². The van der Waals surface area contributed by atoms with E-state index in [1.807, 2.05) is 0 Å². The number of rotatable bonds is 3. The van der Waals surface area contributed by atoms with Crippen LogP contribution in [0.3, 0.4) is 0 Å². The van der Waals surface area contributed by atoms with Crippen molar-refractivity contribution < 1.29 is 0 Å². The van der Waals surface area contributed by atoms with Crippen LogP contribution in [0, 0.1) is 0 Å². The van der Waals surface area contributed by atoms with Crippen LogP contribution in [0.1, 0.15) is 18.5 Å². The van der Waals surface area contributed by atoms with Gasteiger partial charge in [-0.15, -0.1) is 0 Å². The van der Waals surface area contributed by atoms with E-state index in [0.29, 0.717) is 6.04 Å². The molecule has 1 aliphatic heterocycles. The summed E-state index contributed by atoms with van der Waals surface area (Å²) in [4.78, 5) is 2.53. The molecule has 2 rings (SSSR count). The molecule has 0 spiro atoms. The normalized spacial score (nSPS) is 22.7. The summed E-state index contributed by atoms with van der Waals surface area (Å²) >= 11 is 0. The van der Waals surface area contributed by atoms with E-state index >= 15 is 0 Å². The van der Waals surface area contributed by atoms with Crippen molar-refractivity contribution in [2.24, 2.45) is 0 Å². The number of hydrogen-bond donors (Lipinski definition) is 1. The Hall–Kier alpha value is -1.12. The fourth-order valence-corrected chi connectivity index (χ4v) is 2.21. The van der Waals surface area contributed by atoms with Crippen LogP contribution < -0.4 is 5.32 Å². The largest absolute Gasteiger partial charge is 0.314 e. The molecular formula is C14H20N2. The SMILES string of the molecule is C/C=C/CN1CCNCC1c1ccccc1. The van der Waals surface area contributed by atoms with Gasteiger partial charge in [-0.05, 0) is 12.5 Å². The highest BCUT2D eigenvalue weighted by Crippen LogP contribution is 2.21. The summed E-state index contributed by atoms with van der Waals surface area (Å²) < 4.78 is 0. The number of nitrogens with one attached hydrogen (secondary N) is 1. The van der Waals surface area contributed by atoms with Crippen LogP contribution in [-0.4, -0.2) is 31.1 Å². The molecule has 1 unspecified atom stereocenters. The standard InChI is InChI=1S/C14H20N2/c1-2-3-10-16-11-9-15-12-14(16)13-7-5-4-6-8-13/h2-8,14-15H,9-12H2,1H3/b3-2+. The van der Waals surface area contributed by atoms with Crippen molar-refractivity contribution in [1.82, 2.24) is 10.2 Å². The van der Waals surface area contributed by atoms with Gasteiger partial charge in [-0.25, -0.2) is 0 Å². The van der Waals surface area contributed by atoms with Crippen molar-refractivity contribution in [3.63, 3.8) is 0 Å². The molecule has 1 fully saturated rings. The summed E-state index contributed by atoms with van der Waals surface area (Å²) in [6.07, 6.45) is 4.37. The van der Waals surface area contributed by atoms with Gasteiger partial charge in [-0.3, -0.25) is 4.90 Å². The summed E-state index contributed by atoms with van der Waals surface area (Å²) in [7, 11) is 0. The Balaban J connectivity index is 2.10. The molecule has 1 aromatic carbocycles. The van der Waals surface area contributed by atoms with Crippen LogP contribution in [-0.2, 0) is 0 Å². The average molecular weight is 216 g/mol. The van der Waals surface area contributed by atoms with Crippen molar-refractivity contribution in [2.45, 2.75) is 13.0 Å². The lowest BCUT2D eigenvalue weighted by Crippen LogP contribution is -2.45. The number of nitrogens with zero attached hydrogens (tertiary/aromatic N) is 1. The fourth-order valence-electron chi connectivity index (χ4n) is 2.21. The molecule has 1 atom stereocenters. The van der Waals surface area contributed by atoms with E-state index in [2.05, 4.69) is 59.6 Å². The molecule has 16 heavy (non-hydrogen) atoms. The summed E-state index contributed by atoms with van der Waals surface area (Å²) in [5.41, 5.74) is 1.42. The third kappa shape index (κ3) is 2.71. The number of allylic oxidation sites excluding steroid dienone is 1. The van der Waals surface area contributed by atoms with Gasteiger partial charge in [-0.2, -0.15) is 0 Å². The molecule has 1 aromatic rings. The molecule has 0 saturated carbocycles. The van der Waals surface area contributed by atoms with Gasteiger partial charge in [0, 0.05) is 32.2 Å². The quantitative estimate of drug-likeness (QED) is 0.779. The second kappa shape index (κ2) is 5.83. The first-order valence-corrected chi connectivity index (χ1v) is 6.02. The lowest BCUT2D eigenvalue weighted by molar-refractivity contribution is 0.180. The van der Waals surface area contributed by atoms with Gasteiger partial charge in [-0.1, -0.05) is 42.5 Å². The van der Waals surface area contributed by atoms with Gasteiger partial charge in [0.1, 0.15) is 0 Å². The van der Waals surface area contributed by atoms with Gasteiger partial charge in [0.2, 0.25) is 0 Å². The Morgan fingerprint density at radius 2 is 2.19 bits per heavy atom. The Morgan fingerprint density at radius 1 is 1.38 bits per heavy atom. The first-order chi connectivity index (χ1) is 7.92. The molecule has 0 aromatic heterocycles. The lowest BCUT2D eigenvalue weighted by Gasteiger charge is -2.35. The second-order valence-electron chi connectivity index (χ2n) is 4.19. The monoisotopic (exact) mass is 216 g/mol. The van der Waals surface area contributed by atoms with E-state index in [-0.39, 0.29) is 0 Å². The summed E-state index contributed by atoms with van der Waals surface area (Å²) in [5.74, 6) is 0. The zero-order valence-corrected chi connectivity index (χ0v) is 9.89. The number of piperazine rings is 1. The van der Waals surface area contributed by atoms with Crippen molar-refractivity contribution in [1.29, 1.82) is 0 Å². The van der Waals surface area contributed by atoms with Crippen LogP contribution in [0.15, 0.2) is 42.5 Å². The molecule has 2 nitrogen and oxygen atoms in total. The average Bonchev–Trinajstić information content (AvgIpc) is 2.38. The molecule has 1 aliphatic rings. The van der Waals surface area contributed by atoms with Gasteiger partial charge in [0.05, 0.1) is 0 Å². The van der Waals surface area contributed by atoms with Crippen molar-refractivity contribution >= 4 is 0 Å². The molecule has 1 saturated heterocycles. The van der Waals surface area contributed by atoms with Gasteiger partial charge in [0.25, 0.3) is 0 Å². The Labute approximate surface area is 98.0 Å². The lowest BCUT2D eigenvalue weighted by atomic mass is 10.0. The van der Waals surface area contributed by atoms with E-state index in [9.17, 15) is 0 Å². The van der Waals surface area contributed by atoms with Crippen molar-refractivity contribution in [3.05, 3.63) is 48.0 Å². The van der Waals surface area contributed by atoms with Gasteiger partial charge >= 0.3 is 0 Å². The number of benzene rings is 1. The van der Waals surface area contributed by atoms with Crippen LogP contribution in [0.4, 0.5) is 0 Å². The highest BCUT2D eigenvalue weighted by Gasteiger charge is 2.21. The first kappa shape index (κ1) is 11.4. The molecule has 1 N–H and O–H groups in total. The van der Waals surface area contributed by atoms with Crippen molar-refractivity contribution in [2.75, 3.05) is 26.2 Å². The highest BCUT2D eigenvalue weighted by molar-refractivity contribution is 5.20. The van der Waals surface area contributed by atoms with Gasteiger partial charge in [0.15, 0.2) is 0 Å². The van der Waals surface area contributed by atoms with E-state index < -0.39 is 0 Å². The Bertz CT molecular complexity index is 332. The summed E-state index contributed by atoms with van der Waals surface area (Å²) in [6, 6.07) is 11.3. The van der Waals surface area contributed by atoms with Crippen LogP contribution in [0.25, 0.3) is 0 Å². The molecule has 0 amide bonds. The van der Waals surface area contributed by atoms with E-state index in [1.54, 1.807) is 0 Å². The van der Waals surface area contributed by atoms with Crippen molar-refractivity contribution in [3.8, 4) is 0 Å². The Morgan fingerprint density at radius 3 is 2.94 bits per heavy atom. The minimum absolute atomic E-state index is 0.520. The third-order valence-corrected chi connectivity index (χ3v) is 3.11. The van der Waals surface area contributed by atoms with E-state index in [4.69, 9.17) is 0 Å². The zero-order valence-electron chi connectivity index (χ0n) is 9.89. The molecule has 0 aliphatic carbocycles.